The number of morpholine rings is 1. The van der Waals surface area contributed by atoms with Gasteiger partial charge in [0.25, 0.3) is 5.91 Å². The molecule has 0 aliphatic carbocycles. The number of nitrogens with one attached hydrogen (secondary N) is 1. The Morgan fingerprint density at radius 1 is 1.16 bits per heavy atom. The monoisotopic (exact) mass is 437 g/mol. The highest BCUT2D eigenvalue weighted by Gasteiger charge is 2.25. The number of benzene rings is 2. The van der Waals surface area contributed by atoms with Crippen molar-refractivity contribution in [1.29, 1.82) is 0 Å². The normalized spacial score (nSPS) is 15.4. The van der Waals surface area contributed by atoms with E-state index in [1.54, 1.807) is 18.4 Å². The van der Waals surface area contributed by atoms with E-state index in [0.717, 1.165) is 39.9 Å². The second-order valence-electron chi connectivity index (χ2n) is 7.42. The lowest BCUT2D eigenvalue weighted by Gasteiger charge is -2.35. The van der Waals surface area contributed by atoms with Crippen LogP contribution in [0.4, 0.5) is 0 Å². The number of amides is 1. The average molecular weight is 438 g/mol. The molecule has 1 fully saturated rings. The highest BCUT2D eigenvalue weighted by molar-refractivity contribution is 7.15. The van der Waals surface area contributed by atoms with Gasteiger partial charge in [-0.1, -0.05) is 42.5 Å². The molecule has 6 nitrogen and oxygen atoms in total. The second kappa shape index (κ2) is 10.0. The van der Waals surface area contributed by atoms with Crippen molar-refractivity contribution in [3.05, 3.63) is 70.9 Å². The molecule has 4 rings (SSSR count). The van der Waals surface area contributed by atoms with Gasteiger partial charge in [0.2, 0.25) is 0 Å². The van der Waals surface area contributed by atoms with Crippen molar-refractivity contribution in [1.82, 2.24) is 15.2 Å². The van der Waals surface area contributed by atoms with Crippen molar-refractivity contribution in [2.45, 2.75) is 13.0 Å². The Labute approximate surface area is 186 Å². The van der Waals surface area contributed by atoms with Crippen molar-refractivity contribution in [3.8, 4) is 16.2 Å². The molecule has 1 saturated heterocycles. The van der Waals surface area contributed by atoms with E-state index >= 15 is 0 Å². The van der Waals surface area contributed by atoms with Gasteiger partial charge >= 0.3 is 0 Å². The second-order valence-corrected chi connectivity index (χ2v) is 8.63. The van der Waals surface area contributed by atoms with Crippen LogP contribution in [0.25, 0.3) is 10.4 Å². The van der Waals surface area contributed by atoms with Crippen molar-refractivity contribution in [2.75, 3.05) is 40.0 Å². The zero-order chi connectivity index (χ0) is 21.6. The number of ether oxygens (including phenoxy) is 2. The molecule has 31 heavy (non-hydrogen) atoms. The van der Waals surface area contributed by atoms with Gasteiger partial charge < -0.3 is 14.8 Å². The Bertz CT molecular complexity index is 999. The van der Waals surface area contributed by atoms with Crippen LogP contribution in [0.3, 0.4) is 0 Å². The average Bonchev–Trinajstić information content (AvgIpc) is 3.22. The number of nitrogens with zero attached hydrogens (tertiary/aromatic N) is 2. The zero-order valence-corrected chi connectivity index (χ0v) is 18.7. The summed E-state index contributed by atoms with van der Waals surface area (Å²) in [5, 5.41) is 4.02. The molecule has 2 heterocycles. The number of hydrogen-bond acceptors (Lipinski definition) is 6. The summed E-state index contributed by atoms with van der Waals surface area (Å²) in [6, 6.07) is 18.0. The lowest BCUT2D eigenvalue weighted by Crippen LogP contribution is -2.43. The Kier molecular flexibility index (Phi) is 6.96. The Morgan fingerprint density at radius 2 is 1.87 bits per heavy atom. The summed E-state index contributed by atoms with van der Waals surface area (Å²) in [7, 11) is 1.66. The molecule has 1 aliphatic heterocycles. The third-order valence-corrected chi connectivity index (χ3v) is 6.45. The number of hydrogen-bond donors (Lipinski definition) is 1. The smallest absolute Gasteiger partial charge is 0.271 e. The molecular formula is C24H27N3O3S. The minimum absolute atomic E-state index is 0.0543. The Balaban J connectivity index is 1.53. The minimum atomic E-state index is -0.144. The molecule has 2 aromatic carbocycles. The first-order chi connectivity index (χ1) is 15.2. The molecule has 0 saturated carbocycles. The number of aryl methyl sites for hydroxylation is 1. The summed E-state index contributed by atoms with van der Waals surface area (Å²) in [5.74, 6) is 0.675. The molecule has 0 radical (unpaired) electrons. The lowest BCUT2D eigenvalue weighted by atomic mass is 10.0. The summed E-state index contributed by atoms with van der Waals surface area (Å²) < 4.78 is 10.8. The Hall–Kier alpha value is -2.74. The molecule has 1 atom stereocenters. The van der Waals surface area contributed by atoms with Gasteiger partial charge in [0, 0.05) is 19.6 Å². The molecule has 1 N–H and O–H groups in total. The van der Waals surface area contributed by atoms with E-state index in [1.807, 2.05) is 49.4 Å². The van der Waals surface area contributed by atoms with Crippen LogP contribution in [0.15, 0.2) is 54.6 Å². The number of carbonyl (C=O) groups is 1. The molecule has 0 bridgehead atoms. The van der Waals surface area contributed by atoms with Crippen molar-refractivity contribution in [2.24, 2.45) is 0 Å². The number of aromatic nitrogens is 1. The highest BCUT2D eigenvalue weighted by atomic mass is 32.1. The van der Waals surface area contributed by atoms with E-state index in [9.17, 15) is 4.79 Å². The van der Waals surface area contributed by atoms with Crippen molar-refractivity contribution >= 4 is 17.2 Å². The van der Waals surface area contributed by atoms with Gasteiger partial charge in [0.05, 0.1) is 36.3 Å². The fraction of sp³-hybridized carbons (Fsp3) is 0.333. The summed E-state index contributed by atoms with van der Waals surface area (Å²) in [5.41, 5.74) is 2.64. The SMILES string of the molecule is COc1ccc(C(CNC(=O)c2nc(C)sc2-c2ccccc2)N2CCOCC2)cc1. The summed E-state index contributed by atoms with van der Waals surface area (Å²) in [6.45, 7) is 5.49. The number of methoxy groups -OCH3 is 1. The summed E-state index contributed by atoms with van der Waals surface area (Å²) >= 11 is 1.55. The first kappa shape index (κ1) is 21.5. The van der Waals surface area contributed by atoms with Gasteiger partial charge in [0.1, 0.15) is 11.4 Å². The van der Waals surface area contributed by atoms with Gasteiger partial charge in [-0.3, -0.25) is 9.69 Å². The first-order valence-electron chi connectivity index (χ1n) is 10.4. The predicted octanol–water partition coefficient (Wildman–Crippen LogP) is 3.93. The van der Waals surface area contributed by atoms with Crippen LogP contribution in [0.1, 0.15) is 27.1 Å². The third kappa shape index (κ3) is 5.12. The van der Waals surface area contributed by atoms with E-state index in [0.29, 0.717) is 25.5 Å². The largest absolute Gasteiger partial charge is 0.497 e. The first-order valence-corrected chi connectivity index (χ1v) is 11.2. The zero-order valence-electron chi connectivity index (χ0n) is 17.8. The van der Waals surface area contributed by atoms with E-state index < -0.39 is 0 Å². The number of thiazole rings is 1. The predicted molar refractivity (Wildman–Crippen MR) is 123 cm³/mol. The highest BCUT2D eigenvalue weighted by Crippen LogP contribution is 2.30. The van der Waals surface area contributed by atoms with Gasteiger partial charge in [-0.2, -0.15) is 0 Å². The van der Waals surface area contributed by atoms with E-state index in [-0.39, 0.29) is 11.9 Å². The lowest BCUT2D eigenvalue weighted by molar-refractivity contribution is 0.0162. The molecule has 1 aliphatic rings. The van der Waals surface area contributed by atoms with Crippen LogP contribution >= 0.6 is 11.3 Å². The molecule has 162 valence electrons. The van der Waals surface area contributed by atoms with Crippen molar-refractivity contribution in [3.63, 3.8) is 0 Å². The molecule has 3 aromatic rings. The fourth-order valence-corrected chi connectivity index (χ4v) is 4.73. The molecule has 1 amide bonds. The standard InChI is InChI=1S/C24H27N3O3S/c1-17-26-22(23(31-17)19-6-4-3-5-7-19)24(28)25-16-21(27-12-14-30-15-13-27)18-8-10-20(29-2)11-9-18/h3-11,21H,12-16H2,1-2H3,(H,25,28). The van der Waals surface area contributed by atoms with Crippen LogP contribution in [-0.2, 0) is 4.74 Å². The van der Waals surface area contributed by atoms with E-state index in [1.165, 1.54) is 0 Å². The quantitative estimate of drug-likeness (QED) is 0.607. The van der Waals surface area contributed by atoms with Crippen LogP contribution < -0.4 is 10.1 Å². The van der Waals surface area contributed by atoms with Crippen LogP contribution in [-0.4, -0.2) is 55.7 Å². The van der Waals surface area contributed by atoms with Crippen LogP contribution in [0.2, 0.25) is 0 Å². The maximum atomic E-state index is 13.1. The van der Waals surface area contributed by atoms with Gasteiger partial charge in [0.15, 0.2) is 0 Å². The molecule has 1 unspecified atom stereocenters. The fourth-order valence-electron chi connectivity index (χ4n) is 3.81. The molecule has 1 aromatic heterocycles. The van der Waals surface area contributed by atoms with E-state index in [2.05, 4.69) is 27.3 Å². The molecule has 0 spiro atoms. The molecule has 7 heteroatoms. The maximum absolute atomic E-state index is 13.1. The van der Waals surface area contributed by atoms with E-state index in [4.69, 9.17) is 9.47 Å². The van der Waals surface area contributed by atoms with Gasteiger partial charge in [-0.05, 0) is 30.2 Å². The number of carbonyl (C=O) groups excluding carboxylic acids is 1. The van der Waals surface area contributed by atoms with Gasteiger partial charge in [-0.15, -0.1) is 11.3 Å². The van der Waals surface area contributed by atoms with Crippen molar-refractivity contribution < 1.29 is 14.3 Å². The molecular weight excluding hydrogens is 410 g/mol. The number of rotatable bonds is 7. The topological polar surface area (TPSA) is 63.7 Å². The van der Waals surface area contributed by atoms with Crippen LogP contribution in [0.5, 0.6) is 5.75 Å². The summed E-state index contributed by atoms with van der Waals surface area (Å²) in [6.07, 6.45) is 0. The van der Waals surface area contributed by atoms with Gasteiger partial charge in [-0.25, -0.2) is 4.98 Å². The van der Waals surface area contributed by atoms with Crippen LogP contribution in [0, 0.1) is 6.92 Å². The minimum Gasteiger partial charge on any atom is -0.497 e. The maximum Gasteiger partial charge on any atom is 0.271 e. The summed E-state index contributed by atoms with van der Waals surface area (Å²) in [4.78, 5) is 20.9. The Morgan fingerprint density at radius 3 is 2.55 bits per heavy atom. The third-order valence-electron chi connectivity index (χ3n) is 5.43.